The van der Waals surface area contributed by atoms with Crippen LogP contribution in [0.1, 0.15) is 11.3 Å². The number of esters is 2. The minimum atomic E-state index is -0.571. The molecule has 0 aliphatic carbocycles. The first kappa shape index (κ1) is 16.2. The van der Waals surface area contributed by atoms with Crippen LogP contribution < -0.4 is 0 Å². The summed E-state index contributed by atoms with van der Waals surface area (Å²) in [5.74, 6) is -1.43. The van der Waals surface area contributed by atoms with Crippen LogP contribution in [0.2, 0.25) is 0 Å². The highest BCUT2D eigenvalue weighted by molar-refractivity contribution is 7.09. The molecular weight excluding hydrogens is 282 g/mol. The molecule has 0 aromatic carbocycles. The van der Waals surface area contributed by atoms with E-state index < -0.39 is 11.9 Å². The van der Waals surface area contributed by atoms with Gasteiger partial charge in [0, 0.05) is 11.3 Å². The molecule has 0 saturated heterocycles. The van der Waals surface area contributed by atoms with E-state index in [0.717, 1.165) is 9.78 Å². The molecule has 1 aromatic rings. The maximum atomic E-state index is 12.1. The first-order chi connectivity index (χ1) is 9.56. The van der Waals surface area contributed by atoms with Crippen molar-refractivity contribution >= 4 is 29.2 Å². The Balaban J connectivity index is 2.57. The van der Waals surface area contributed by atoms with Gasteiger partial charge in [-0.05, 0) is 17.9 Å². The van der Waals surface area contributed by atoms with Crippen LogP contribution in [-0.4, -0.2) is 50.1 Å². The third-order valence-electron chi connectivity index (χ3n) is 2.61. The average molecular weight is 299 g/mol. The van der Waals surface area contributed by atoms with Gasteiger partial charge in [0.25, 0.3) is 0 Å². The van der Waals surface area contributed by atoms with Crippen LogP contribution in [0.5, 0.6) is 0 Å². The molecule has 1 heterocycles. The highest BCUT2D eigenvalue weighted by Crippen LogP contribution is 2.11. The van der Waals surface area contributed by atoms with Gasteiger partial charge in [-0.25, -0.2) is 0 Å². The van der Waals surface area contributed by atoms with Crippen molar-refractivity contribution in [3.8, 4) is 0 Å². The quantitative estimate of drug-likeness (QED) is 0.698. The first-order valence-electron chi connectivity index (χ1n) is 6.00. The average Bonchev–Trinajstić information content (AvgIpc) is 2.96. The Kier molecular flexibility index (Phi) is 6.72. The third kappa shape index (κ3) is 5.40. The van der Waals surface area contributed by atoms with E-state index in [1.807, 2.05) is 17.5 Å². The molecule has 1 aromatic heterocycles. The van der Waals surface area contributed by atoms with Crippen molar-refractivity contribution in [1.82, 2.24) is 4.90 Å². The van der Waals surface area contributed by atoms with Crippen molar-refractivity contribution in [2.45, 2.75) is 12.8 Å². The highest BCUT2D eigenvalue weighted by Gasteiger charge is 2.20. The fraction of sp³-hybridized carbons (Fsp3) is 0.462. The Morgan fingerprint density at radius 3 is 2.20 bits per heavy atom. The van der Waals surface area contributed by atoms with Gasteiger partial charge in [-0.1, -0.05) is 6.07 Å². The number of ether oxygens (including phenoxy) is 2. The lowest BCUT2D eigenvalue weighted by atomic mass is 10.2. The lowest BCUT2D eigenvalue weighted by Gasteiger charge is -2.19. The van der Waals surface area contributed by atoms with Crippen LogP contribution in [0.4, 0.5) is 0 Å². The Morgan fingerprint density at radius 1 is 1.15 bits per heavy atom. The minimum Gasteiger partial charge on any atom is -0.468 e. The van der Waals surface area contributed by atoms with Gasteiger partial charge in [0.1, 0.15) is 13.1 Å². The topological polar surface area (TPSA) is 72.9 Å². The zero-order valence-corrected chi connectivity index (χ0v) is 12.3. The Bertz CT molecular complexity index is 439. The molecule has 110 valence electrons. The predicted molar refractivity (Wildman–Crippen MR) is 73.3 cm³/mol. The number of aryl methyl sites for hydroxylation is 1. The van der Waals surface area contributed by atoms with Gasteiger partial charge in [-0.2, -0.15) is 0 Å². The van der Waals surface area contributed by atoms with Crippen molar-refractivity contribution in [1.29, 1.82) is 0 Å². The maximum absolute atomic E-state index is 12.1. The van der Waals surface area contributed by atoms with Gasteiger partial charge in [0.05, 0.1) is 14.2 Å². The number of methoxy groups -OCH3 is 2. The van der Waals surface area contributed by atoms with E-state index >= 15 is 0 Å². The number of carbonyl (C=O) groups is 3. The van der Waals surface area contributed by atoms with Crippen molar-refractivity contribution in [3.05, 3.63) is 22.4 Å². The van der Waals surface area contributed by atoms with Crippen LogP contribution in [0.25, 0.3) is 0 Å². The predicted octanol–water partition coefficient (Wildman–Crippen LogP) is 0.855. The van der Waals surface area contributed by atoms with Gasteiger partial charge in [0.15, 0.2) is 0 Å². The Labute approximate surface area is 121 Å². The molecule has 0 bridgehead atoms. The monoisotopic (exact) mass is 299 g/mol. The minimum absolute atomic E-state index is 0.231. The van der Waals surface area contributed by atoms with Crippen molar-refractivity contribution in [2.75, 3.05) is 27.3 Å². The zero-order chi connectivity index (χ0) is 15.0. The normalized spacial score (nSPS) is 9.90. The smallest absolute Gasteiger partial charge is 0.325 e. The summed E-state index contributed by atoms with van der Waals surface area (Å²) in [5, 5.41) is 1.93. The maximum Gasteiger partial charge on any atom is 0.325 e. The lowest BCUT2D eigenvalue weighted by molar-refractivity contribution is -0.152. The molecule has 7 heteroatoms. The molecule has 0 aliphatic rings. The fourth-order valence-corrected chi connectivity index (χ4v) is 2.23. The molecular formula is C13H17NO5S. The second-order valence-electron chi connectivity index (χ2n) is 3.98. The molecule has 0 spiro atoms. The standard InChI is InChI=1S/C13H17NO5S/c1-18-12(16)8-14(9-13(17)19-2)11(15)6-5-10-4-3-7-20-10/h3-4,7H,5-6,8-9H2,1-2H3. The highest BCUT2D eigenvalue weighted by atomic mass is 32.1. The van der Waals surface area contributed by atoms with E-state index in [1.165, 1.54) is 14.2 Å². The second-order valence-corrected chi connectivity index (χ2v) is 5.01. The Morgan fingerprint density at radius 2 is 1.75 bits per heavy atom. The van der Waals surface area contributed by atoms with E-state index in [4.69, 9.17) is 0 Å². The van der Waals surface area contributed by atoms with Crippen molar-refractivity contribution in [3.63, 3.8) is 0 Å². The van der Waals surface area contributed by atoms with Crippen LogP contribution >= 0.6 is 11.3 Å². The van der Waals surface area contributed by atoms with E-state index in [0.29, 0.717) is 6.42 Å². The largest absolute Gasteiger partial charge is 0.468 e. The summed E-state index contributed by atoms with van der Waals surface area (Å²) < 4.78 is 9.03. The van der Waals surface area contributed by atoms with Gasteiger partial charge >= 0.3 is 11.9 Å². The number of nitrogens with zero attached hydrogens (tertiary/aromatic N) is 1. The summed E-state index contributed by atoms with van der Waals surface area (Å²) in [5.41, 5.74) is 0. The van der Waals surface area contributed by atoms with Gasteiger partial charge in [0.2, 0.25) is 5.91 Å². The van der Waals surface area contributed by atoms with Gasteiger partial charge in [-0.15, -0.1) is 11.3 Å². The van der Waals surface area contributed by atoms with Gasteiger partial charge < -0.3 is 14.4 Å². The number of hydrogen-bond acceptors (Lipinski definition) is 6. The number of thiophene rings is 1. The fourth-order valence-electron chi connectivity index (χ4n) is 1.52. The molecule has 0 saturated carbocycles. The van der Waals surface area contributed by atoms with Gasteiger partial charge in [-0.3, -0.25) is 14.4 Å². The van der Waals surface area contributed by atoms with Crippen LogP contribution in [0, 0.1) is 0 Å². The zero-order valence-electron chi connectivity index (χ0n) is 11.5. The molecule has 0 aliphatic heterocycles. The number of carbonyl (C=O) groups excluding carboxylic acids is 3. The SMILES string of the molecule is COC(=O)CN(CC(=O)OC)C(=O)CCc1cccs1. The van der Waals surface area contributed by atoms with Crippen LogP contribution in [0.3, 0.4) is 0 Å². The molecule has 0 fully saturated rings. The molecule has 0 unspecified atom stereocenters. The third-order valence-corrected chi connectivity index (χ3v) is 3.55. The Hall–Kier alpha value is -1.89. The number of hydrogen-bond donors (Lipinski definition) is 0. The van der Waals surface area contributed by atoms with E-state index in [-0.39, 0.29) is 25.4 Å². The molecule has 0 N–H and O–H groups in total. The van der Waals surface area contributed by atoms with E-state index in [2.05, 4.69) is 9.47 Å². The molecule has 1 rings (SSSR count). The van der Waals surface area contributed by atoms with Crippen molar-refractivity contribution in [2.24, 2.45) is 0 Å². The van der Waals surface area contributed by atoms with E-state index in [1.54, 1.807) is 11.3 Å². The summed E-state index contributed by atoms with van der Waals surface area (Å²) in [7, 11) is 2.46. The molecule has 0 radical (unpaired) electrons. The summed E-state index contributed by atoms with van der Waals surface area (Å²) >= 11 is 1.56. The number of amides is 1. The molecule has 6 nitrogen and oxygen atoms in total. The summed E-state index contributed by atoms with van der Waals surface area (Å²) in [4.78, 5) is 36.8. The molecule has 20 heavy (non-hydrogen) atoms. The molecule has 1 amide bonds. The van der Waals surface area contributed by atoms with E-state index in [9.17, 15) is 14.4 Å². The van der Waals surface area contributed by atoms with Crippen molar-refractivity contribution < 1.29 is 23.9 Å². The lowest BCUT2D eigenvalue weighted by Crippen LogP contribution is -2.40. The van der Waals surface area contributed by atoms with Crippen LogP contribution in [-0.2, 0) is 30.3 Å². The second kappa shape index (κ2) is 8.31. The first-order valence-corrected chi connectivity index (χ1v) is 6.88. The summed E-state index contributed by atoms with van der Waals surface area (Å²) in [6, 6.07) is 3.84. The van der Waals surface area contributed by atoms with Crippen LogP contribution in [0.15, 0.2) is 17.5 Å². The number of rotatable bonds is 7. The summed E-state index contributed by atoms with van der Waals surface area (Å²) in [6.07, 6.45) is 0.809. The summed E-state index contributed by atoms with van der Waals surface area (Å²) in [6.45, 7) is -0.510. The molecule has 0 atom stereocenters.